The lowest BCUT2D eigenvalue weighted by atomic mass is 10.1. The van der Waals surface area contributed by atoms with E-state index in [0.29, 0.717) is 11.1 Å². The van der Waals surface area contributed by atoms with Crippen LogP contribution in [0.15, 0.2) is 24.3 Å². The van der Waals surface area contributed by atoms with Gasteiger partial charge in [-0.3, -0.25) is 5.84 Å². The highest BCUT2D eigenvalue weighted by molar-refractivity contribution is 5.92. The minimum atomic E-state index is -4.51. The summed E-state index contributed by atoms with van der Waals surface area (Å²) in [6.07, 6.45) is -4.51. The summed E-state index contributed by atoms with van der Waals surface area (Å²) in [6, 6.07) is 5.42. The number of aromatic nitrogens is 1. The van der Waals surface area contributed by atoms with Crippen LogP contribution in [0, 0.1) is 0 Å². The number of hydrazine groups is 1. The largest absolute Gasteiger partial charge is 0.497 e. The molecular weight excluding hydrogens is 247 g/mol. The van der Waals surface area contributed by atoms with Gasteiger partial charge in [0.15, 0.2) is 0 Å². The minimum absolute atomic E-state index is 0.145. The molecule has 1 heterocycles. The molecule has 0 spiro atoms. The van der Waals surface area contributed by atoms with Gasteiger partial charge in [-0.1, -0.05) is 0 Å². The zero-order valence-corrected chi connectivity index (χ0v) is 9.38. The number of halogens is 3. The van der Waals surface area contributed by atoms with Gasteiger partial charge in [0.1, 0.15) is 11.4 Å². The fourth-order valence-electron chi connectivity index (χ4n) is 1.60. The number of nitrogens with one attached hydrogen (secondary N) is 1. The molecule has 0 saturated carbocycles. The number of rotatable bonds is 2. The van der Waals surface area contributed by atoms with Gasteiger partial charge in [0.2, 0.25) is 0 Å². The first kappa shape index (κ1) is 12.4. The van der Waals surface area contributed by atoms with Crippen LogP contribution in [0.1, 0.15) is 5.69 Å². The second-order valence-corrected chi connectivity index (χ2v) is 3.58. The lowest BCUT2D eigenvalue weighted by Gasteiger charge is -2.12. The monoisotopic (exact) mass is 257 g/mol. The molecule has 0 saturated heterocycles. The van der Waals surface area contributed by atoms with Gasteiger partial charge in [-0.15, -0.1) is 0 Å². The molecule has 0 radical (unpaired) electrons. The third kappa shape index (κ3) is 2.17. The first-order valence-electron chi connectivity index (χ1n) is 4.98. The topological polar surface area (TPSA) is 60.2 Å². The maximum Gasteiger partial charge on any atom is 0.433 e. The Balaban J connectivity index is 2.71. The van der Waals surface area contributed by atoms with Crippen LogP contribution < -0.4 is 16.0 Å². The maximum absolute atomic E-state index is 12.6. The van der Waals surface area contributed by atoms with E-state index in [1.54, 1.807) is 6.07 Å². The molecule has 1 aromatic carbocycles. The molecule has 2 rings (SSSR count). The van der Waals surface area contributed by atoms with E-state index in [4.69, 9.17) is 10.6 Å². The van der Waals surface area contributed by atoms with Crippen molar-refractivity contribution in [3.05, 3.63) is 30.0 Å². The van der Waals surface area contributed by atoms with Gasteiger partial charge in [-0.2, -0.15) is 13.2 Å². The Morgan fingerprint density at radius 2 is 2.00 bits per heavy atom. The fraction of sp³-hybridized carbons (Fsp3) is 0.182. The number of nitrogens with two attached hydrogens (primary N) is 1. The number of benzene rings is 1. The Bertz CT molecular complexity index is 583. The van der Waals surface area contributed by atoms with Crippen molar-refractivity contribution in [3.8, 4) is 5.75 Å². The van der Waals surface area contributed by atoms with Crippen LogP contribution in [-0.2, 0) is 6.18 Å². The van der Waals surface area contributed by atoms with Crippen molar-refractivity contribution in [2.24, 2.45) is 5.84 Å². The van der Waals surface area contributed by atoms with E-state index in [9.17, 15) is 13.2 Å². The van der Waals surface area contributed by atoms with E-state index >= 15 is 0 Å². The first-order chi connectivity index (χ1) is 8.45. The molecule has 18 heavy (non-hydrogen) atoms. The quantitative estimate of drug-likeness (QED) is 0.641. The summed E-state index contributed by atoms with van der Waals surface area (Å²) in [7, 11) is 1.47. The van der Waals surface area contributed by atoms with E-state index in [1.165, 1.54) is 19.2 Å². The zero-order chi connectivity index (χ0) is 13.3. The Morgan fingerprint density at radius 1 is 1.28 bits per heavy atom. The summed E-state index contributed by atoms with van der Waals surface area (Å²) in [5.41, 5.74) is 1.58. The van der Waals surface area contributed by atoms with E-state index in [-0.39, 0.29) is 11.2 Å². The fourth-order valence-corrected chi connectivity index (χ4v) is 1.60. The Labute approximate surface area is 101 Å². The number of nitrogens with zero attached hydrogens (tertiary/aromatic N) is 1. The van der Waals surface area contributed by atoms with Crippen molar-refractivity contribution in [2.75, 3.05) is 12.5 Å². The summed E-state index contributed by atoms with van der Waals surface area (Å²) in [5.74, 6) is 5.75. The van der Waals surface area contributed by atoms with Gasteiger partial charge in [-0.25, -0.2) is 4.98 Å². The minimum Gasteiger partial charge on any atom is -0.497 e. The molecule has 0 unspecified atom stereocenters. The highest BCUT2D eigenvalue weighted by Gasteiger charge is 2.33. The molecule has 0 aliphatic heterocycles. The van der Waals surface area contributed by atoms with Gasteiger partial charge in [0.05, 0.1) is 18.3 Å². The van der Waals surface area contributed by atoms with Crippen LogP contribution >= 0.6 is 0 Å². The number of hydrogen-bond donors (Lipinski definition) is 2. The summed E-state index contributed by atoms with van der Waals surface area (Å²) < 4.78 is 42.9. The Hall–Kier alpha value is -2.02. The molecule has 0 atom stereocenters. The predicted octanol–water partition coefficient (Wildman–Crippen LogP) is 2.55. The van der Waals surface area contributed by atoms with Crippen molar-refractivity contribution in [1.82, 2.24) is 4.98 Å². The van der Waals surface area contributed by atoms with Crippen LogP contribution in [0.5, 0.6) is 5.75 Å². The SMILES string of the molecule is COc1ccc2nc(C(F)(F)F)cc(NN)c2c1. The van der Waals surface area contributed by atoms with Crippen molar-refractivity contribution >= 4 is 16.6 Å². The molecule has 0 aliphatic rings. The number of hydrogen-bond acceptors (Lipinski definition) is 4. The van der Waals surface area contributed by atoms with Crippen molar-refractivity contribution < 1.29 is 17.9 Å². The molecule has 0 bridgehead atoms. The standard InChI is InChI=1S/C11H10F3N3O/c1-18-6-2-3-8-7(4-6)9(17-15)5-10(16-8)11(12,13)14/h2-5H,15H2,1H3,(H,16,17). The Morgan fingerprint density at radius 3 is 2.56 bits per heavy atom. The number of fused-ring (bicyclic) bond motifs is 1. The maximum atomic E-state index is 12.6. The number of alkyl halides is 3. The van der Waals surface area contributed by atoms with Gasteiger partial charge in [-0.05, 0) is 24.3 Å². The van der Waals surface area contributed by atoms with E-state index in [1.807, 2.05) is 0 Å². The number of anilines is 1. The molecular formula is C11H10F3N3O. The van der Waals surface area contributed by atoms with Gasteiger partial charge in [0.25, 0.3) is 0 Å². The lowest BCUT2D eigenvalue weighted by Crippen LogP contribution is -2.12. The summed E-state index contributed by atoms with van der Waals surface area (Å²) >= 11 is 0. The molecule has 0 fully saturated rings. The molecule has 0 aliphatic carbocycles. The van der Waals surface area contributed by atoms with E-state index in [0.717, 1.165) is 6.07 Å². The average Bonchev–Trinajstić information content (AvgIpc) is 2.35. The van der Waals surface area contributed by atoms with Crippen molar-refractivity contribution in [3.63, 3.8) is 0 Å². The zero-order valence-electron chi connectivity index (χ0n) is 9.38. The summed E-state index contributed by atoms with van der Waals surface area (Å²) in [4.78, 5) is 3.55. The van der Waals surface area contributed by atoms with Crippen LogP contribution in [0.25, 0.3) is 10.9 Å². The molecule has 3 N–H and O–H groups in total. The third-order valence-electron chi connectivity index (χ3n) is 2.46. The third-order valence-corrected chi connectivity index (χ3v) is 2.46. The van der Waals surface area contributed by atoms with Gasteiger partial charge < -0.3 is 10.2 Å². The van der Waals surface area contributed by atoms with Crippen molar-refractivity contribution in [1.29, 1.82) is 0 Å². The van der Waals surface area contributed by atoms with Crippen LogP contribution in [-0.4, -0.2) is 12.1 Å². The molecule has 1 aromatic heterocycles. The van der Waals surface area contributed by atoms with Crippen molar-refractivity contribution in [2.45, 2.75) is 6.18 Å². The van der Waals surface area contributed by atoms with Crippen LogP contribution in [0.4, 0.5) is 18.9 Å². The smallest absolute Gasteiger partial charge is 0.433 e. The first-order valence-corrected chi connectivity index (χ1v) is 4.98. The predicted molar refractivity (Wildman–Crippen MR) is 61.1 cm³/mol. The number of ether oxygens (including phenoxy) is 1. The van der Waals surface area contributed by atoms with Gasteiger partial charge in [0, 0.05) is 5.39 Å². The normalized spacial score (nSPS) is 11.6. The molecule has 0 amide bonds. The lowest BCUT2D eigenvalue weighted by molar-refractivity contribution is -0.140. The van der Waals surface area contributed by atoms with Crippen LogP contribution in [0.3, 0.4) is 0 Å². The summed E-state index contributed by atoms with van der Waals surface area (Å²) in [5, 5.41) is 0.463. The average molecular weight is 257 g/mol. The van der Waals surface area contributed by atoms with E-state index < -0.39 is 11.9 Å². The number of pyridine rings is 1. The molecule has 2 aromatic rings. The highest BCUT2D eigenvalue weighted by atomic mass is 19.4. The summed E-state index contributed by atoms with van der Waals surface area (Å²) in [6.45, 7) is 0. The molecule has 7 heteroatoms. The van der Waals surface area contributed by atoms with E-state index in [2.05, 4.69) is 10.4 Å². The highest BCUT2D eigenvalue weighted by Crippen LogP contribution is 2.33. The number of nitrogen functional groups attached to an aromatic ring is 1. The molecule has 96 valence electrons. The van der Waals surface area contributed by atoms with Gasteiger partial charge >= 0.3 is 6.18 Å². The molecule has 4 nitrogen and oxygen atoms in total. The Kier molecular flexibility index (Phi) is 3.00. The second kappa shape index (κ2) is 4.34. The second-order valence-electron chi connectivity index (χ2n) is 3.58. The van der Waals surface area contributed by atoms with Crippen LogP contribution in [0.2, 0.25) is 0 Å². The number of methoxy groups -OCH3 is 1.